The molecule has 0 aliphatic heterocycles. The molecule has 0 saturated heterocycles. The van der Waals surface area contributed by atoms with Crippen LogP contribution in [0.4, 0.5) is 0 Å². The molecule has 1 atom stereocenters. The van der Waals surface area contributed by atoms with Gasteiger partial charge < -0.3 is 0 Å². The monoisotopic (exact) mass is 265 g/mol. The molecule has 0 fully saturated rings. The summed E-state index contributed by atoms with van der Waals surface area (Å²) in [6.45, 7) is 0. The van der Waals surface area contributed by atoms with Crippen LogP contribution >= 0.6 is 0 Å². The van der Waals surface area contributed by atoms with Gasteiger partial charge in [-0.05, 0) is 50.4 Å². The van der Waals surface area contributed by atoms with Gasteiger partial charge in [-0.1, -0.05) is 66.8 Å². The fourth-order valence-corrected chi connectivity index (χ4v) is 3.64. The molecular formula is C21H13. The summed E-state index contributed by atoms with van der Waals surface area (Å²) in [7, 11) is 0. The molecule has 0 heterocycles. The van der Waals surface area contributed by atoms with Crippen LogP contribution in [-0.2, 0) is 0 Å². The van der Waals surface area contributed by atoms with E-state index in [9.17, 15) is 0 Å². The van der Waals surface area contributed by atoms with Crippen LogP contribution in [0.3, 0.4) is 0 Å². The topological polar surface area (TPSA) is 0 Å². The van der Waals surface area contributed by atoms with Crippen LogP contribution in [0.15, 0.2) is 72.3 Å². The third-order valence-corrected chi connectivity index (χ3v) is 4.67. The van der Waals surface area contributed by atoms with Crippen molar-refractivity contribution >= 4 is 27.6 Å². The van der Waals surface area contributed by atoms with E-state index in [4.69, 9.17) is 0 Å². The van der Waals surface area contributed by atoms with Crippen LogP contribution in [0, 0.1) is 6.07 Å². The predicted octanol–water partition coefficient (Wildman–Crippen LogP) is 5.40. The quantitative estimate of drug-likeness (QED) is 0.477. The fraction of sp³-hybridized carbons (Fsp3) is 0.0476. The van der Waals surface area contributed by atoms with Crippen molar-refractivity contribution in [3.8, 4) is 0 Å². The lowest BCUT2D eigenvalue weighted by Gasteiger charge is -2.21. The highest BCUT2D eigenvalue weighted by atomic mass is 14.3. The van der Waals surface area contributed by atoms with E-state index in [1.54, 1.807) is 0 Å². The molecular weight excluding hydrogens is 252 g/mol. The molecule has 3 aromatic rings. The van der Waals surface area contributed by atoms with Gasteiger partial charge in [-0.3, -0.25) is 0 Å². The van der Waals surface area contributed by atoms with E-state index in [-0.39, 0.29) is 0 Å². The molecule has 1 unspecified atom stereocenters. The number of hydrogen-bond donors (Lipinski definition) is 0. The first-order valence-corrected chi connectivity index (χ1v) is 7.34. The van der Waals surface area contributed by atoms with Crippen molar-refractivity contribution in [1.29, 1.82) is 0 Å². The molecule has 0 nitrogen and oxygen atoms in total. The molecule has 2 aliphatic rings. The van der Waals surface area contributed by atoms with Gasteiger partial charge in [0.15, 0.2) is 0 Å². The molecule has 0 N–H and O–H groups in total. The van der Waals surface area contributed by atoms with Crippen LogP contribution in [0.2, 0.25) is 0 Å². The van der Waals surface area contributed by atoms with Gasteiger partial charge in [0.25, 0.3) is 0 Å². The van der Waals surface area contributed by atoms with E-state index in [0.29, 0.717) is 5.92 Å². The summed E-state index contributed by atoms with van der Waals surface area (Å²) in [6.07, 6.45) is 11.2. The average Bonchev–Trinajstić information content (AvgIpc) is 3.03. The third-order valence-electron chi connectivity index (χ3n) is 4.67. The molecule has 0 spiro atoms. The van der Waals surface area contributed by atoms with Gasteiger partial charge in [-0.15, -0.1) is 0 Å². The smallest absolute Gasteiger partial charge is 0.0278 e. The Hall–Kier alpha value is -2.60. The van der Waals surface area contributed by atoms with Crippen molar-refractivity contribution in [1.82, 2.24) is 0 Å². The van der Waals surface area contributed by atoms with Gasteiger partial charge in [-0.2, -0.15) is 0 Å². The zero-order chi connectivity index (χ0) is 13.8. The SMILES string of the molecule is [c]1ccc2c(c1)ccc1c3c(ccc12)C1C=CC=C1C=C3. The van der Waals surface area contributed by atoms with Crippen molar-refractivity contribution in [2.24, 2.45) is 0 Å². The first-order chi connectivity index (χ1) is 10.4. The maximum atomic E-state index is 3.16. The molecule has 5 rings (SSSR count). The largest absolute Gasteiger partial charge is 0.0726 e. The Kier molecular flexibility index (Phi) is 2.09. The summed E-state index contributed by atoms with van der Waals surface area (Å²) in [4.78, 5) is 0. The van der Waals surface area contributed by atoms with Crippen molar-refractivity contribution in [3.63, 3.8) is 0 Å². The van der Waals surface area contributed by atoms with E-state index in [1.807, 2.05) is 6.07 Å². The molecule has 3 aromatic carbocycles. The number of allylic oxidation sites excluding steroid dienone is 5. The number of fused-ring (bicyclic) bond motifs is 7. The van der Waals surface area contributed by atoms with Crippen molar-refractivity contribution in [3.05, 3.63) is 89.5 Å². The Bertz CT molecular complexity index is 984. The maximum absolute atomic E-state index is 3.16. The van der Waals surface area contributed by atoms with Crippen LogP contribution in [-0.4, -0.2) is 0 Å². The summed E-state index contributed by atoms with van der Waals surface area (Å²) >= 11 is 0. The second-order valence-corrected chi connectivity index (χ2v) is 5.74. The molecule has 0 amide bonds. The zero-order valence-electron chi connectivity index (χ0n) is 11.5. The van der Waals surface area contributed by atoms with Crippen LogP contribution in [0.25, 0.3) is 27.6 Å². The van der Waals surface area contributed by atoms with E-state index in [1.165, 1.54) is 38.2 Å². The molecule has 0 saturated carbocycles. The third kappa shape index (κ3) is 1.45. The van der Waals surface area contributed by atoms with Crippen LogP contribution in [0.5, 0.6) is 0 Å². The van der Waals surface area contributed by atoms with E-state index in [2.05, 4.69) is 72.8 Å². The molecule has 0 heteroatoms. The van der Waals surface area contributed by atoms with Crippen molar-refractivity contribution < 1.29 is 0 Å². The van der Waals surface area contributed by atoms with Gasteiger partial charge >= 0.3 is 0 Å². The number of benzene rings is 3. The molecule has 1 radical (unpaired) electrons. The van der Waals surface area contributed by atoms with Gasteiger partial charge in [0.1, 0.15) is 0 Å². The van der Waals surface area contributed by atoms with E-state index < -0.39 is 0 Å². The standard InChI is InChI=1S/C21H13/c1-2-6-16-14(4-1)8-10-20-18(16)12-13-19-17-7-3-5-15(17)9-11-21(19)20/h2-13,17H. The Morgan fingerprint density at radius 2 is 1.81 bits per heavy atom. The minimum absolute atomic E-state index is 0.439. The minimum Gasteiger partial charge on any atom is -0.0726 e. The van der Waals surface area contributed by atoms with E-state index in [0.717, 1.165) is 0 Å². The predicted molar refractivity (Wildman–Crippen MR) is 89.3 cm³/mol. The van der Waals surface area contributed by atoms with Gasteiger partial charge in [0, 0.05) is 5.92 Å². The van der Waals surface area contributed by atoms with Gasteiger partial charge in [-0.25, -0.2) is 0 Å². The van der Waals surface area contributed by atoms with Gasteiger partial charge in [0.2, 0.25) is 0 Å². The summed E-state index contributed by atoms with van der Waals surface area (Å²) in [5.41, 5.74) is 4.19. The molecule has 0 aromatic heterocycles. The molecule has 21 heavy (non-hydrogen) atoms. The van der Waals surface area contributed by atoms with Crippen molar-refractivity contribution in [2.45, 2.75) is 5.92 Å². The normalized spacial score (nSPS) is 18.9. The first-order valence-electron chi connectivity index (χ1n) is 7.34. The number of rotatable bonds is 0. The Morgan fingerprint density at radius 1 is 0.857 bits per heavy atom. The molecule has 0 bridgehead atoms. The Morgan fingerprint density at radius 3 is 2.81 bits per heavy atom. The number of hydrogen-bond acceptors (Lipinski definition) is 0. The highest BCUT2D eigenvalue weighted by molar-refractivity contribution is 6.10. The minimum atomic E-state index is 0.439. The molecule has 97 valence electrons. The van der Waals surface area contributed by atoms with Crippen LogP contribution in [0.1, 0.15) is 17.0 Å². The fourth-order valence-electron chi connectivity index (χ4n) is 3.64. The van der Waals surface area contributed by atoms with Crippen LogP contribution < -0.4 is 0 Å². The van der Waals surface area contributed by atoms with E-state index >= 15 is 0 Å². The average molecular weight is 265 g/mol. The maximum Gasteiger partial charge on any atom is 0.0278 e. The Labute approximate surface area is 123 Å². The molecule has 2 aliphatic carbocycles. The summed E-state index contributed by atoms with van der Waals surface area (Å²) in [6, 6.07) is 18.4. The highest BCUT2D eigenvalue weighted by Gasteiger charge is 2.22. The summed E-state index contributed by atoms with van der Waals surface area (Å²) in [5.74, 6) is 0.439. The Balaban J connectivity index is 1.91. The lowest BCUT2D eigenvalue weighted by atomic mass is 9.82. The van der Waals surface area contributed by atoms with Gasteiger partial charge in [0.05, 0.1) is 0 Å². The zero-order valence-corrected chi connectivity index (χ0v) is 11.5. The highest BCUT2D eigenvalue weighted by Crippen LogP contribution is 2.41. The summed E-state index contributed by atoms with van der Waals surface area (Å²) < 4.78 is 0. The lowest BCUT2D eigenvalue weighted by molar-refractivity contribution is 1.04. The lowest BCUT2D eigenvalue weighted by Crippen LogP contribution is -2.03. The van der Waals surface area contributed by atoms with Crippen molar-refractivity contribution in [2.75, 3.05) is 0 Å². The second-order valence-electron chi connectivity index (χ2n) is 5.74. The first kappa shape index (κ1) is 11.1. The summed E-state index contributed by atoms with van der Waals surface area (Å²) in [5, 5.41) is 5.25. The second kappa shape index (κ2) is 3.95.